The van der Waals surface area contributed by atoms with Gasteiger partial charge in [-0.1, -0.05) is 0 Å². The van der Waals surface area contributed by atoms with Crippen LogP contribution < -0.4 is 5.32 Å². The summed E-state index contributed by atoms with van der Waals surface area (Å²) in [5.41, 5.74) is -0.806. The maximum atomic E-state index is 11.6. The first-order valence-corrected chi connectivity index (χ1v) is 4.59. The van der Waals surface area contributed by atoms with Gasteiger partial charge < -0.3 is 10.4 Å². The van der Waals surface area contributed by atoms with E-state index in [1.54, 1.807) is 19.3 Å². The van der Waals surface area contributed by atoms with E-state index in [2.05, 4.69) is 10.4 Å². The standard InChI is InChI=1S/C9H11N3O3/c1-12-5-2-6(11-12)7(13)10-9(3-4-9)8(14)15/h2,5H,3-4H2,1H3,(H,10,13)(H,14,15). The van der Waals surface area contributed by atoms with Gasteiger partial charge in [0.05, 0.1) is 0 Å². The molecule has 1 aromatic heterocycles. The molecule has 15 heavy (non-hydrogen) atoms. The van der Waals surface area contributed by atoms with Crippen LogP contribution in [-0.2, 0) is 11.8 Å². The molecule has 2 rings (SSSR count). The van der Waals surface area contributed by atoms with Gasteiger partial charge in [-0.15, -0.1) is 0 Å². The Morgan fingerprint density at radius 2 is 2.27 bits per heavy atom. The summed E-state index contributed by atoms with van der Waals surface area (Å²) in [6.07, 6.45) is 2.61. The summed E-state index contributed by atoms with van der Waals surface area (Å²) >= 11 is 0. The molecule has 1 aliphatic carbocycles. The summed E-state index contributed by atoms with van der Waals surface area (Å²) in [5, 5.41) is 15.2. The Kier molecular flexibility index (Phi) is 1.99. The Morgan fingerprint density at radius 1 is 1.60 bits per heavy atom. The number of rotatable bonds is 3. The molecule has 0 radical (unpaired) electrons. The lowest BCUT2D eigenvalue weighted by Gasteiger charge is -2.10. The summed E-state index contributed by atoms with van der Waals surface area (Å²) in [5.74, 6) is -1.41. The van der Waals surface area contributed by atoms with Crippen LogP contribution in [0.5, 0.6) is 0 Å². The lowest BCUT2D eigenvalue weighted by atomic mass is 10.2. The van der Waals surface area contributed by atoms with Crippen LogP contribution in [0.4, 0.5) is 0 Å². The van der Waals surface area contributed by atoms with Crippen LogP contribution in [0.1, 0.15) is 23.3 Å². The zero-order valence-electron chi connectivity index (χ0n) is 8.23. The van der Waals surface area contributed by atoms with Crippen LogP contribution in [-0.4, -0.2) is 32.3 Å². The third kappa shape index (κ3) is 1.70. The first-order valence-electron chi connectivity index (χ1n) is 4.59. The van der Waals surface area contributed by atoms with E-state index in [1.165, 1.54) is 4.68 Å². The summed E-state index contributed by atoms with van der Waals surface area (Å²) in [4.78, 5) is 22.4. The average Bonchev–Trinajstić information content (AvgIpc) is 2.82. The molecule has 1 aliphatic rings. The Morgan fingerprint density at radius 3 is 2.67 bits per heavy atom. The molecule has 0 saturated heterocycles. The fourth-order valence-corrected chi connectivity index (χ4v) is 1.33. The van der Waals surface area contributed by atoms with Crippen molar-refractivity contribution in [2.24, 2.45) is 7.05 Å². The van der Waals surface area contributed by atoms with Crippen LogP contribution >= 0.6 is 0 Å². The second-order valence-corrected chi connectivity index (χ2v) is 3.72. The molecular weight excluding hydrogens is 198 g/mol. The lowest BCUT2D eigenvalue weighted by molar-refractivity contribution is -0.140. The quantitative estimate of drug-likeness (QED) is 0.720. The van der Waals surface area contributed by atoms with Crippen molar-refractivity contribution in [2.75, 3.05) is 0 Å². The number of carboxylic acids is 1. The molecule has 0 aromatic carbocycles. The molecule has 80 valence electrons. The predicted octanol–water partition coefficient (Wildman–Crippen LogP) is -0.233. The topological polar surface area (TPSA) is 84.2 Å². The third-order valence-electron chi connectivity index (χ3n) is 2.46. The van der Waals surface area contributed by atoms with E-state index < -0.39 is 17.4 Å². The Hall–Kier alpha value is -1.85. The van der Waals surface area contributed by atoms with Crippen molar-refractivity contribution in [2.45, 2.75) is 18.4 Å². The number of aliphatic carboxylic acids is 1. The van der Waals surface area contributed by atoms with Gasteiger partial charge in [-0.05, 0) is 18.9 Å². The minimum absolute atomic E-state index is 0.241. The minimum Gasteiger partial charge on any atom is -0.480 e. The lowest BCUT2D eigenvalue weighted by Crippen LogP contribution is -2.43. The smallest absolute Gasteiger partial charge is 0.329 e. The van der Waals surface area contributed by atoms with Gasteiger partial charge in [0.2, 0.25) is 0 Å². The summed E-state index contributed by atoms with van der Waals surface area (Å²) in [6.45, 7) is 0. The van der Waals surface area contributed by atoms with Crippen molar-refractivity contribution in [3.8, 4) is 0 Å². The Balaban J connectivity index is 2.08. The van der Waals surface area contributed by atoms with Gasteiger partial charge in [-0.3, -0.25) is 9.48 Å². The van der Waals surface area contributed by atoms with Crippen molar-refractivity contribution in [3.63, 3.8) is 0 Å². The number of hydrogen-bond donors (Lipinski definition) is 2. The zero-order chi connectivity index (χ0) is 11.1. The minimum atomic E-state index is -1.05. The third-order valence-corrected chi connectivity index (χ3v) is 2.46. The number of amides is 1. The van der Waals surface area contributed by atoms with Gasteiger partial charge in [0.25, 0.3) is 5.91 Å². The van der Waals surface area contributed by atoms with E-state index >= 15 is 0 Å². The van der Waals surface area contributed by atoms with Gasteiger partial charge in [0.1, 0.15) is 11.2 Å². The number of carbonyl (C=O) groups is 2. The van der Waals surface area contributed by atoms with Crippen molar-refractivity contribution in [1.82, 2.24) is 15.1 Å². The zero-order valence-corrected chi connectivity index (χ0v) is 8.23. The maximum Gasteiger partial charge on any atom is 0.329 e. The summed E-state index contributed by atoms with van der Waals surface area (Å²) < 4.78 is 1.50. The van der Waals surface area contributed by atoms with Crippen molar-refractivity contribution in [1.29, 1.82) is 0 Å². The molecule has 1 saturated carbocycles. The highest BCUT2D eigenvalue weighted by Crippen LogP contribution is 2.35. The molecule has 6 heteroatoms. The second kappa shape index (κ2) is 3.08. The number of aromatic nitrogens is 2. The fourth-order valence-electron chi connectivity index (χ4n) is 1.33. The first-order chi connectivity index (χ1) is 7.03. The molecule has 1 fully saturated rings. The van der Waals surface area contributed by atoms with E-state index in [0.717, 1.165) is 0 Å². The van der Waals surface area contributed by atoms with Gasteiger partial charge >= 0.3 is 5.97 Å². The van der Waals surface area contributed by atoms with E-state index in [-0.39, 0.29) is 5.69 Å². The van der Waals surface area contributed by atoms with E-state index in [1.807, 2.05) is 0 Å². The molecule has 1 heterocycles. The fraction of sp³-hybridized carbons (Fsp3) is 0.444. The summed E-state index contributed by atoms with van der Waals surface area (Å²) in [6, 6.07) is 1.55. The molecule has 1 aromatic rings. The molecule has 6 nitrogen and oxygen atoms in total. The van der Waals surface area contributed by atoms with Crippen LogP contribution in [0.3, 0.4) is 0 Å². The van der Waals surface area contributed by atoms with Gasteiger partial charge in [0, 0.05) is 13.2 Å². The number of nitrogens with one attached hydrogen (secondary N) is 1. The van der Waals surface area contributed by atoms with Crippen LogP contribution in [0.15, 0.2) is 12.3 Å². The van der Waals surface area contributed by atoms with E-state index in [4.69, 9.17) is 5.11 Å². The molecule has 0 aliphatic heterocycles. The van der Waals surface area contributed by atoms with Crippen LogP contribution in [0.25, 0.3) is 0 Å². The van der Waals surface area contributed by atoms with Crippen LogP contribution in [0.2, 0.25) is 0 Å². The molecule has 0 spiro atoms. The second-order valence-electron chi connectivity index (χ2n) is 3.72. The van der Waals surface area contributed by atoms with E-state index in [0.29, 0.717) is 12.8 Å². The van der Waals surface area contributed by atoms with Crippen LogP contribution in [0, 0.1) is 0 Å². The predicted molar refractivity (Wildman–Crippen MR) is 50.3 cm³/mol. The highest BCUT2D eigenvalue weighted by atomic mass is 16.4. The number of carbonyl (C=O) groups excluding carboxylic acids is 1. The number of nitrogens with zero attached hydrogens (tertiary/aromatic N) is 2. The van der Waals surface area contributed by atoms with Gasteiger partial charge in [-0.2, -0.15) is 5.10 Å². The average molecular weight is 209 g/mol. The largest absolute Gasteiger partial charge is 0.480 e. The highest BCUT2D eigenvalue weighted by Gasteiger charge is 2.51. The number of aryl methyl sites for hydroxylation is 1. The number of hydrogen-bond acceptors (Lipinski definition) is 3. The normalized spacial score (nSPS) is 17.1. The molecule has 0 unspecified atom stereocenters. The molecule has 2 N–H and O–H groups in total. The monoisotopic (exact) mass is 209 g/mol. The SMILES string of the molecule is Cn1ccc(C(=O)NC2(C(=O)O)CC2)n1. The Bertz CT molecular complexity index is 420. The highest BCUT2D eigenvalue weighted by molar-refractivity contribution is 5.97. The van der Waals surface area contributed by atoms with Gasteiger partial charge in [0.15, 0.2) is 0 Å². The summed E-state index contributed by atoms with van der Waals surface area (Å²) in [7, 11) is 1.70. The molecule has 0 bridgehead atoms. The molecular formula is C9H11N3O3. The van der Waals surface area contributed by atoms with Crippen molar-refractivity contribution >= 4 is 11.9 Å². The molecule has 0 atom stereocenters. The number of carboxylic acid groups (broad SMARTS) is 1. The maximum absolute atomic E-state index is 11.6. The first kappa shape index (κ1) is 9.70. The molecule has 1 amide bonds. The van der Waals surface area contributed by atoms with Gasteiger partial charge in [-0.25, -0.2) is 4.79 Å². The Labute approximate surface area is 85.9 Å². The van der Waals surface area contributed by atoms with E-state index in [9.17, 15) is 9.59 Å². The van der Waals surface area contributed by atoms with Crippen molar-refractivity contribution < 1.29 is 14.7 Å². The van der Waals surface area contributed by atoms with Crippen molar-refractivity contribution in [3.05, 3.63) is 18.0 Å².